The second-order valence-corrected chi connectivity index (χ2v) is 6.70. The van der Waals surface area contributed by atoms with Crippen LogP contribution in [0.1, 0.15) is 29.5 Å². The topological polar surface area (TPSA) is 72.2 Å². The summed E-state index contributed by atoms with van der Waals surface area (Å²) in [5.74, 6) is 0.914. The van der Waals surface area contributed by atoms with Crippen LogP contribution in [0.3, 0.4) is 0 Å². The van der Waals surface area contributed by atoms with Crippen molar-refractivity contribution in [3.63, 3.8) is 0 Å². The van der Waals surface area contributed by atoms with Gasteiger partial charge in [-0.2, -0.15) is 0 Å². The quantitative estimate of drug-likeness (QED) is 0.767. The maximum Gasteiger partial charge on any atom is 0.338 e. The van der Waals surface area contributed by atoms with Crippen LogP contribution in [0.25, 0.3) is 11.0 Å². The van der Waals surface area contributed by atoms with Gasteiger partial charge < -0.3 is 23.7 Å². The van der Waals surface area contributed by atoms with Crippen molar-refractivity contribution in [1.82, 2.24) is 9.80 Å². The molecule has 1 aliphatic heterocycles. The first-order valence-electron chi connectivity index (χ1n) is 8.73. The number of benzene rings is 1. The van der Waals surface area contributed by atoms with Crippen LogP contribution in [0.2, 0.25) is 0 Å². The molecule has 0 N–H and O–H groups in total. The number of hydrogen-bond acceptors (Lipinski definition) is 5. The van der Waals surface area contributed by atoms with E-state index in [1.165, 1.54) is 4.90 Å². The summed E-state index contributed by atoms with van der Waals surface area (Å²) < 4.78 is 16.9. The predicted octanol–water partition coefficient (Wildman–Crippen LogP) is 3.05. The minimum Gasteiger partial charge on any atom is -0.486 e. The molecule has 0 aliphatic carbocycles. The Hall–Kier alpha value is -2.70. The number of urea groups is 1. The van der Waals surface area contributed by atoms with E-state index in [0.29, 0.717) is 36.6 Å². The number of rotatable bonds is 5. The van der Waals surface area contributed by atoms with Gasteiger partial charge in [-0.25, -0.2) is 9.59 Å². The first-order chi connectivity index (χ1) is 12.4. The van der Waals surface area contributed by atoms with Gasteiger partial charge in [0.25, 0.3) is 0 Å². The fraction of sp³-hybridized carbons (Fsp3) is 0.474. The lowest BCUT2D eigenvalue weighted by Gasteiger charge is -2.40. The number of amides is 2. The van der Waals surface area contributed by atoms with Crippen LogP contribution < -0.4 is 4.74 Å². The molecule has 7 nitrogen and oxygen atoms in total. The molecule has 3 rings (SSSR count). The van der Waals surface area contributed by atoms with E-state index >= 15 is 0 Å². The lowest BCUT2D eigenvalue weighted by Crippen LogP contribution is -2.58. The molecule has 26 heavy (non-hydrogen) atoms. The number of fused-ring (bicyclic) bond motifs is 1. The zero-order valence-electron chi connectivity index (χ0n) is 15.6. The number of esters is 1. The Balaban J connectivity index is 1.79. The van der Waals surface area contributed by atoms with Gasteiger partial charge in [-0.3, -0.25) is 0 Å². The van der Waals surface area contributed by atoms with Gasteiger partial charge in [0.1, 0.15) is 23.2 Å². The third-order valence-corrected chi connectivity index (χ3v) is 4.19. The molecular formula is C19H24N2O5. The summed E-state index contributed by atoms with van der Waals surface area (Å²) in [5.41, 5.74) is 0.986. The van der Waals surface area contributed by atoms with E-state index < -0.39 is 5.97 Å². The normalized spacial score (nSPS) is 14.2. The van der Waals surface area contributed by atoms with Crippen LogP contribution in [0, 0.1) is 6.92 Å². The number of carbonyl (C=O) groups is 2. The summed E-state index contributed by atoms with van der Waals surface area (Å²) in [4.78, 5) is 27.4. The molecule has 2 heterocycles. The van der Waals surface area contributed by atoms with Crippen molar-refractivity contribution < 1.29 is 23.5 Å². The largest absolute Gasteiger partial charge is 0.486 e. The van der Waals surface area contributed by atoms with E-state index in [9.17, 15) is 9.59 Å². The average molecular weight is 360 g/mol. The maximum atomic E-state index is 12.2. The van der Waals surface area contributed by atoms with Crippen LogP contribution >= 0.6 is 0 Å². The van der Waals surface area contributed by atoms with Gasteiger partial charge in [-0.15, -0.1) is 0 Å². The van der Waals surface area contributed by atoms with Crippen LogP contribution in [0.5, 0.6) is 5.75 Å². The van der Waals surface area contributed by atoms with Crippen molar-refractivity contribution in [2.24, 2.45) is 0 Å². The van der Waals surface area contributed by atoms with Crippen molar-refractivity contribution in [1.29, 1.82) is 0 Å². The number of hydrogen-bond donors (Lipinski definition) is 0. The molecule has 1 aromatic carbocycles. The third kappa shape index (κ3) is 3.61. The second kappa shape index (κ2) is 7.27. The van der Waals surface area contributed by atoms with E-state index in [0.717, 1.165) is 17.6 Å². The summed E-state index contributed by atoms with van der Waals surface area (Å²) in [7, 11) is 3.44. The molecular weight excluding hydrogens is 336 g/mol. The first-order valence-corrected chi connectivity index (χ1v) is 8.73. The summed E-state index contributed by atoms with van der Waals surface area (Å²) in [6.07, 6.45) is 0.647. The van der Waals surface area contributed by atoms with E-state index in [1.807, 2.05) is 19.9 Å². The lowest BCUT2D eigenvalue weighted by atomic mass is 10.1. The molecule has 0 saturated carbocycles. The second-order valence-electron chi connectivity index (χ2n) is 6.70. The molecule has 1 fully saturated rings. The minimum absolute atomic E-state index is 0.0361. The molecule has 140 valence electrons. The van der Waals surface area contributed by atoms with E-state index in [-0.39, 0.29) is 12.1 Å². The molecule has 7 heteroatoms. The van der Waals surface area contributed by atoms with E-state index in [4.69, 9.17) is 13.9 Å². The molecule has 1 aromatic heterocycles. The first kappa shape index (κ1) is 18.1. The molecule has 0 spiro atoms. The highest BCUT2D eigenvalue weighted by Gasteiger charge is 2.33. The monoisotopic (exact) mass is 360 g/mol. The smallest absolute Gasteiger partial charge is 0.338 e. The zero-order valence-corrected chi connectivity index (χ0v) is 15.6. The fourth-order valence-corrected chi connectivity index (χ4v) is 2.86. The van der Waals surface area contributed by atoms with Crippen LogP contribution in [0.15, 0.2) is 22.6 Å². The standard InChI is InChI=1S/C19H24N2O5/c1-5-6-24-18(22)13-8-16-15(7-12(2)25-16)17(9-13)26-14-10-21(11-14)19(23)20(3)4/h7-9,14H,5-6,10-11H2,1-4H3. The van der Waals surface area contributed by atoms with Crippen LogP contribution in [-0.2, 0) is 4.74 Å². The Morgan fingerprint density at radius 1 is 1.27 bits per heavy atom. The Labute approximate surface area is 152 Å². The van der Waals surface area contributed by atoms with Crippen LogP contribution in [0.4, 0.5) is 4.79 Å². The zero-order chi connectivity index (χ0) is 18.8. The van der Waals surface area contributed by atoms with Gasteiger partial charge in [0.2, 0.25) is 0 Å². The number of ether oxygens (including phenoxy) is 2. The molecule has 2 aromatic rings. The minimum atomic E-state index is -0.398. The van der Waals surface area contributed by atoms with Gasteiger partial charge >= 0.3 is 12.0 Å². The summed E-state index contributed by atoms with van der Waals surface area (Å²) >= 11 is 0. The van der Waals surface area contributed by atoms with Crippen molar-refractivity contribution in [3.05, 3.63) is 29.5 Å². The number of furan rings is 1. The van der Waals surface area contributed by atoms with Gasteiger partial charge in [0, 0.05) is 14.1 Å². The summed E-state index contributed by atoms with van der Waals surface area (Å²) in [6, 6.07) is 5.21. The SMILES string of the molecule is CCCOC(=O)c1cc(OC2CN(C(=O)N(C)C)C2)c2cc(C)oc2c1. The average Bonchev–Trinajstić information content (AvgIpc) is 2.94. The number of nitrogens with zero attached hydrogens (tertiary/aromatic N) is 2. The summed E-state index contributed by atoms with van der Waals surface area (Å²) in [6.45, 7) is 5.19. The highest BCUT2D eigenvalue weighted by atomic mass is 16.5. The van der Waals surface area contributed by atoms with E-state index in [1.54, 1.807) is 31.1 Å². The van der Waals surface area contributed by atoms with Gasteiger partial charge in [-0.1, -0.05) is 6.92 Å². The molecule has 0 bridgehead atoms. The molecule has 1 aliphatic rings. The predicted molar refractivity (Wildman–Crippen MR) is 96.6 cm³/mol. The van der Waals surface area contributed by atoms with Crippen molar-refractivity contribution in [2.75, 3.05) is 33.8 Å². The van der Waals surface area contributed by atoms with Crippen molar-refractivity contribution >= 4 is 23.0 Å². The Kier molecular flexibility index (Phi) is 5.06. The fourth-order valence-electron chi connectivity index (χ4n) is 2.86. The molecule has 0 atom stereocenters. The number of carbonyl (C=O) groups excluding carboxylic acids is 2. The van der Waals surface area contributed by atoms with Gasteiger partial charge in [0.05, 0.1) is 30.6 Å². The molecule has 0 unspecified atom stereocenters. The highest BCUT2D eigenvalue weighted by molar-refractivity contribution is 5.96. The van der Waals surface area contributed by atoms with Gasteiger partial charge in [-0.05, 0) is 31.5 Å². The van der Waals surface area contributed by atoms with Crippen LogP contribution in [-0.4, -0.2) is 61.7 Å². The van der Waals surface area contributed by atoms with Crippen molar-refractivity contribution in [3.8, 4) is 5.75 Å². The Morgan fingerprint density at radius 3 is 2.65 bits per heavy atom. The Bertz CT molecular complexity index is 821. The molecule has 0 radical (unpaired) electrons. The van der Waals surface area contributed by atoms with Gasteiger partial charge in [0.15, 0.2) is 0 Å². The molecule has 2 amide bonds. The molecule has 1 saturated heterocycles. The Morgan fingerprint density at radius 2 is 2.00 bits per heavy atom. The maximum absolute atomic E-state index is 12.2. The highest BCUT2D eigenvalue weighted by Crippen LogP contribution is 2.32. The van der Waals surface area contributed by atoms with E-state index in [2.05, 4.69) is 0 Å². The third-order valence-electron chi connectivity index (χ3n) is 4.19. The lowest BCUT2D eigenvalue weighted by molar-refractivity contribution is 0.0362. The van der Waals surface area contributed by atoms with Crippen molar-refractivity contribution in [2.45, 2.75) is 26.4 Å². The number of aryl methyl sites for hydroxylation is 1. The summed E-state index contributed by atoms with van der Waals surface area (Å²) in [5, 5.41) is 0.812. The number of likely N-dealkylation sites (tertiary alicyclic amines) is 1.